The molecule has 6 nitrogen and oxygen atoms in total. The van der Waals surface area contributed by atoms with Crippen molar-refractivity contribution in [2.75, 3.05) is 20.2 Å². The second-order valence-corrected chi connectivity index (χ2v) is 9.63. The first kappa shape index (κ1) is 25.0. The van der Waals surface area contributed by atoms with Gasteiger partial charge in [0.1, 0.15) is 12.4 Å². The summed E-state index contributed by atoms with van der Waals surface area (Å²) < 4.78 is 11.0. The number of carbonyl (C=O) groups is 1. The summed E-state index contributed by atoms with van der Waals surface area (Å²) >= 11 is 0. The molecule has 3 atom stereocenters. The number of piperidine rings is 1. The molecule has 4 rings (SSSR count). The highest BCUT2D eigenvalue weighted by Crippen LogP contribution is 2.32. The smallest absolute Gasteiger partial charge is 0.410 e. The van der Waals surface area contributed by atoms with Crippen molar-refractivity contribution >= 4 is 17.0 Å². The Hall–Kier alpha value is -3.12. The van der Waals surface area contributed by atoms with Crippen LogP contribution in [0.5, 0.6) is 5.75 Å². The lowest BCUT2D eigenvalue weighted by Gasteiger charge is -2.38. The number of aliphatic hydroxyl groups excluding tert-OH is 1. The molecule has 0 radical (unpaired) electrons. The summed E-state index contributed by atoms with van der Waals surface area (Å²) in [4.78, 5) is 19.0. The number of fused-ring (bicyclic) bond motifs is 1. The van der Waals surface area contributed by atoms with E-state index < -0.39 is 0 Å². The quantitative estimate of drug-likeness (QED) is 0.434. The summed E-state index contributed by atoms with van der Waals surface area (Å²) in [5.41, 5.74) is 3.25. The largest absolute Gasteiger partial charge is 0.497 e. The van der Waals surface area contributed by atoms with E-state index in [2.05, 4.69) is 17.1 Å². The third kappa shape index (κ3) is 6.73. The summed E-state index contributed by atoms with van der Waals surface area (Å²) in [6.07, 6.45) is 5.94. The lowest BCUT2D eigenvalue weighted by atomic mass is 9.79. The van der Waals surface area contributed by atoms with Crippen molar-refractivity contribution < 1.29 is 19.4 Å². The molecular weight excluding hydrogens is 440 g/mol. The highest BCUT2D eigenvalue weighted by atomic mass is 16.6. The Morgan fingerprint density at radius 1 is 1.17 bits per heavy atom. The molecule has 1 saturated heterocycles. The summed E-state index contributed by atoms with van der Waals surface area (Å²) in [5.74, 6) is 1.59. The van der Waals surface area contributed by atoms with Crippen molar-refractivity contribution in [2.24, 2.45) is 11.8 Å². The first-order chi connectivity index (χ1) is 17.0. The van der Waals surface area contributed by atoms with Gasteiger partial charge in [-0.2, -0.15) is 0 Å². The van der Waals surface area contributed by atoms with Gasteiger partial charge < -0.3 is 19.5 Å². The van der Waals surface area contributed by atoms with E-state index in [-0.39, 0.29) is 24.7 Å². The lowest BCUT2D eigenvalue weighted by molar-refractivity contribution is 0.0453. The fourth-order valence-electron chi connectivity index (χ4n) is 5.22. The monoisotopic (exact) mass is 476 g/mol. The maximum atomic E-state index is 12.7. The van der Waals surface area contributed by atoms with E-state index in [1.165, 1.54) is 5.56 Å². The molecule has 1 N–H and O–H groups in total. The van der Waals surface area contributed by atoms with Crippen molar-refractivity contribution in [2.45, 2.75) is 51.7 Å². The van der Waals surface area contributed by atoms with Gasteiger partial charge >= 0.3 is 6.09 Å². The Labute approximate surface area is 207 Å². The zero-order valence-corrected chi connectivity index (χ0v) is 20.7. The average molecular weight is 477 g/mol. The molecule has 2 aromatic carbocycles. The van der Waals surface area contributed by atoms with Gasteiger partial charge in [-0.1, -0.05) is 30.3 Å². The van der Waals surface area contributed by atoms with Gasteiger partial charge in [0, 0.05) is 24.7 Å². The van der Waals surface area contributed by atoms with Crippen LogP contribution in [0.4, 0.5) is 4.79 Å². The molecule has 1 aromatic heterocycles. The van der Waals surface area contributed by atoms with Crippen molar-refractivity contribution in [3.05, 3.63) is 71.9 Å². The van der Waals surface area contributed by atoms with Crippen LogP contribution in [0.2, 0.25) is 0 Å². The minimum absolute atomic E-state index is 0.264. The molecule has 1 amide bonds. The highest BCUT2D eigenvalue weighted by molar-refractivity contribution is 5.83. The molecule has 1 fully saturated rings. The third-order valence-electron chi connectivity index (χ3n) is 7.06. The third-order valence-corrected chi connectivity index (χ3v) is 7.06. The fraction of sp³-hybridized carbons (Fsp3) is 0.448. The van der Waals surface area contributed by atoms with E-state index in [4.69, 9.17) is 9.47 Å². The molecule has 3 aromatic rings. The topological polar surface area (TPSA) is 71.9 Å². The summed E-state index contributed by atoms with van der Waals surface area (Å²) in [6, 6.07) is 17.9. The van der Waals surface area contributed by atoms with Gasteiger partial charge in [0.25, 0.3) is 0 Å². The van der Waals surface area contributed by atoms with Gasteiger partial charge in [-0.25, -0.2) is 4.79 Å². The van der Waals surface area contributed by atoms with Gasteiger partial charge in [0.2, 0.25) is 0 Å². The lowest BCUT2D eigenvalue weighted by Crippen LogP contribution is -2.44. The van der Waals surface area contributed by atoms with Crippen molar-refractivity contribution in [1.82, 2.24) is 9.88 Å². The van der Waals surface area contributed by atoms with Crippen LogP contribution >= 0.6 is 0 Å². The van der Waals surface area contributed by atoms with Crippen LogP contribution in [0, 0.1) is 11.8 Å². The Bertz CT molecular complexity index is 1100. The van der Waals surface area contributed by atoms with Crippen LogP contribution in [-0.4, -0.2) is 47.4 Å². The molecule has 1 unspecified atom stereocenters. The fourth-order valence-corrected chi connectivity index (χ4v) is 5.22. The van der Waals surface area contributed by atoms with Crippen LogP contribution < -0.4 is 4.74 Å². The molecular formula is C29H36N2O4. The summed E-state index contributed by atoms with van der Waals surface area (Å²) in [7, 11) is 1.68. The van der Waals surface area contributed by atoms with Crippen LogP contribution in [0.3, 0.4) is 0 Å². The summed E-state index contributed by atoms with van der Waals surface area (Å²) in [5, 5.41) is 11.3. The standard InChI is InChI=1S/C29H36N2O4/c1-21(32)17-25-19-31(29(33)35-20-22-7-4-3-5-8-22)16-14-23(25)9-6-10-24-13-15-30-28-12-11-26(34-2)18-27(24)28/h3-5,7-8,11-13,15,18,21,23,25,32H,6,9-10,14,16-17,19-20H2,1-2H3/t21?,23-,25+/m1/s1. The number of pyridine rings is 1. The number of rotatable bonds is 9. The number of aromatic nitrogens is 1. The van der Waals surface area contributed by atoms with Gasteiger partial charge in [0.15, 0.2) is 0 Å². The van der Waals surface area contributed by atoms with E-state index in [0.29, 0.717) is 25.4 Å². The number of likely N-dealkylation sites (tertiary alicyclic amines) is 1. The van der Waals surface area contributed by atoms with Crippen LogP contribution in [-0.2, 0) is 17.8 Å². The number of carbonyl (C=O) groups excluding carboxylic acids is 1. The van der Waals surface area contributed by atoms with E-state index >= 15 is 0 Å². The highest BCUT2D eigenvalue weighted by Gasteiger charge is 2.32. The van der Waals surface area contributed by atoms with Crippen molar-refractivity contribution in [1.29, 1.82) is 0 Å². The molecule has 2 heterocycles. The molecule has 0 aliphatic carbocycles. The van der Waals surface area contributed by atoms with Gasteiger partial charge in [-0.05, 0) is 86.3 Å². The average Bonchev–Trinajstić information content (AvgIpc) is 2.88. The molecule has 1 aliphatic heterocycles. The molecule has 1 aliphatic rings. The number of methoxy groups -OCH3 is 1. The van der Waals surface area contributed by atoms with Crippen LogP contribution in [0.1, 0.15) is 43.7 Å². The van der Waals surface area contributed by atoms with E-state index in [0.717, 1.165) is 47.9 Å². The number of hydrogen-bond donors (Lipinski definition) is 1. The number of ether oxygens (including phenoxy) is 2. The normalized spacial score (nSPS) is 18.9. The number of hydrogen-bond acceptors (Lipinski definition) is 5. The number of benzene rings is 2. The number of aryl methyl sites for hydroxylation is 1. The molecule has 0 spiro atoms. The minimum atomic E-state index is -0.389. The first-order valence-electron chi connectivity index (χ1n) is 12.6. The van der Waals surface area contributed by atoms with E-state index in [9.17, 15) is 9.90 Å². The van der Waals surface area contributed by atoms with E-state index in [1.807, 2.05) is 60.5 Å². The van der Waals surface area contributed by atoms with Crippen LogP contribution in [0.25, 0.3) is 10.9 Å². The molecule has 0 saturated carbocycles. The predicted octanol–water partition coefficient (Wildman–Crippen LogP) is 5.61. The Balaban J connectivity index is 1.34. The maximum Gasteiger partial charge on any atom is 0.410 e. The van der Waals surface area contributed by atoms with E-state index in [1.54, 1.807) is 7.11 Å². The van der Waals surface area contributed by atoms with Gasteiger partial charge in [-0.3, -0.25) is 4.98 Å². The molecule has 6 heteroatoms. The minimum Gasteiger partial charge on any atom is -0.497 e. The zero-order valence-electron chi connectivity index (χ0n) is 20.7. The summed E-state index contributed by atoms with van der Waals surface area (Å²) in [6.45, 7) is 3.45. The van der Waals surface area contributed by atoms with Crippen molar-refractivity contribution in [3.63, 3.8) is 0 Å². The molecule has 186 valence electrons. The van der Waals surface area contributed by atoms with Gasteiger partial charge in [-0.15, -0.1) is 0 Å². The molecule has 0 bridgehead atoms. The second-order valence-electron chi connectivity index (χ2n) is 9.63. The van der Waals surface area contributed by atoms with Crippen LogP contribution in [0.15, 0.2) is 60.8 Å². The van der Waals surface area contributed by atoms with Gasteiger partial charge in [0.05, 0.1) is 18.7 Å². The Morgan fingerprint density at radius 2 is 2.00 bits per heavy atom. The predicted molar refractivity (Wildman–Crippen MR) is 137 cm³/mol. The maximum absolute atomic E-state index is 12.7. The Kier molecular flexibility index (Phi) is 8.59. The number of nitrogens with zero attached hydrogens (tertiary/aromatic N) is 2. The number of aliphatic hydroxyl groups is 1. The second kappa shape index (κ2) is 12.0. The van der Waals surface area contributed by atoms with Crippen molar-refractivity contribution in [3.8, 4) is 5.75 Å². The Morgan fingerprint density at radius 3 is 2.77 bits per heavy atom. The zero-order chi connectivity index (χ0) is 24.6. The molecule has 35 heavy (non-hydrogen) atoms. The SMILES string of the molecule is COc1ccc2nccc(CCC[C@@H]3CCN(C(=O)OCc4ccccc4)C[C@@H]3CC(C)O)c2c1. The first-order valence-corrected chi connectivity index (χ1v) is 12.6. The number of amides is 1.